The fraction of sp³-hybridized carbons (Fsp3) is 0.250. The van der Waals surface area contributed by atoms with Crippen molar-refractivity contribution in [3.05, 3.63) is 168 Å². The smallest absolute Gasteiger partial charge is 0.352 e. The van der Waals surface area contributed by atoms with Crippen LogP contribution in [0.1, 0.15) is 73.6 Å². The number of carbonyl (C=O) groups is 2. The van der Waals surface area contributed by atoms with Gasteiger partial charge in [0.2, 0.25) is 0 Å². The van der Waals surface area contributed by atoms with E-state index in [2.05, 4.69) is 71.2 Å². The van der Waals surface area contributed by atoms with Gasteiger partial charge in [-0.25, -0.2) is 21.6 Å². The third kappa shape index (κ3) is 11.7. The zero-order chi connectivity index (χ0) is 51.4. The van der Waals surface area contributed by atoms with Crippen LogP contribution in [0.5, 0.6) is 0 Å². The fourth-order valence-electron chi connectivity index (χ4n) is 8.59. The van der Waals surface area contributed by atoms with Crippen LogP contribution in [0.15, 0.2) is 155 Å². The lowest BCUT2D eigenvalue weighted by Gasteiger charge is -2.26. The van der Waals surface area contributed by atoms with E-state index in [1.165, 1.54) is 0 Å². The number of nitrogens with one attached hydrogen (secondary N) is 5. The van der Waals surface area contributed by atoms with Crippen molar-refractivity contribution in [2.24, 2.45) is 0 Å². The summed E-state index contributed by atoms with van der Waals surface area (Å²) >= 11 is 0. The maximum Gasteiger partial charge on any atom is 0.352 e. The number of anilines is 2. The van der Waals surface area contributed by atoms with E-state index in [0.29, 0.717) is 53.3 Å². The molecule has 6 aromatic carbocycles. The number of amides is 1. The highest BCUT2D eigenvalue weighted by atomic mass is 32.2. The van der Waals surface area contributed by atoms with E-state index >= 15 is 0 Å². The standard InChI is InChI=1S/C31H36N4O4S.C25H24N2O4S/c1-31(2,3)23-9-12-25(13-10-23)40(37,38)34-24-11-14-27-26(21-24)28(22-7-5-4-6-8-22)29(33-27)30(36)32-15-16-35-17-19-39-20-18-35;1-25(2,3)17-9-12-19(13-10-17)32(30,31)27-18-11-14-21-20(15-18)22(23(26-21)24(28)29)16-7-5-4-6-8-16/h4-14,21,33-34H,15-20H2,1-3H3,(H,32,36);4-15,26-27H,1-3H3,(H,28,29). The van der Waals surface area contributed by atoms with E-state index in [1.54, 1.807) is 60.7 Å². The summed E-state index contributed by atoms with van der Waals surface area (Å²) in [5.74, 6) is -1.29. The van der Waals surface area contributed by atoms with Gasteiger partial charge < -0.3 is 25.1 Å². The van der Waals surface area contributed by atoms with Crippen LogP contribution in [0.25, 0.3) is 44.1 Å². The van der Waals surface area contributed by atoms with Gasteiger partial charge in [0.05, 0.1) is 23.0 Å². The molecule has 16 heteroatoms. The van der Waals surface area contributed by atoms with Gasteiger partial charge in [-0.3, -0.25) is 19.1 Å². The number of carboxylic acids is 1. The van der Waals surface area contributed by atoms with Crippen LogP contribution in [0.2, 0.25) is 0 Å². The Morgan fingerprint density at radius 3 is 1.42 bits per heavy atom. The van der Waals surface area contributed by atoms with Gasteiger partial charge in [0, 0.05) is 70.5 Å². The predicted molar refractivity (Wildman–Crippen MR) is 286 cm³/mol. The first-order valence-corrected chi connectivity index (χ1v) is 26.7. The molecule has 1 amide bonds. The molecule has 2 aromatic heterocycles. The van der Waals surface area contributed by atoms with Crippen LogP contribution in [-0.4, -0.2) is 88.1 Å². The number of ether oxygens (including phenoxy) is 1. The first-order valence-electron chi connectivity index (χ1n) is 23.7. The van der Waals surface area contributed by atoms with Gasteiger partial charge in [0.25, 0.3) is 26.0 Å². The third-order valence-electron chi connectivity index (χ3n) is 12.5. The van der Waals surface area contributed by atoms with Gasteiger partial charge in [0.15, 0.2) is 0 Å². The van der Waals surface area contributed by atoms with Gasteiger partial charge in [-0.2, -0.15) is 0 Å². The van der Waals surface area contributed by atoms with E-state index in [-0.39, 0.29) is 32.2 Å². The van der Waals surface area contributed by atoms with Gasteiger partial charge in [-0.15, -0.1) is 0 Å². The number of hydrogen-bond acceptors (Lipinski definition) is 8. The van der Waals surface area contributed by atoms with Gasteiger partial charge in [0.1, 0.15) is 11.4 Å². The van der Waals surface area contributed by atoms with Gasteiger partial charge in [-0.05, 0) is 93.7 Å². The van der Waals surface area contributed by atoms with Crippen molar-refractivity contribution in [3.8, 4) is 22.3 Å². The van der Waals surface area contributed by atoms with Crippen LogP contribution < -0.4 is 14.8 Å². The number of carboxylic acid groups (broad SMARTS) is 1. The normalized spacial score (nSPS) is 13.6. The molecule has 9 rings (SSSR count). The highest BCUT2D eigenvalue weighted by Gasteiger charge is 2.24. The van der Waals surface area contributed by atoms with Crippen LogP contribution in [0.4, 0.5) is 11.4 Å². The second-order valence-corrected chi connectivity index (χ2v) is 23.1. The summed E-state index contributed by atoms with van der Waals surface area (Å²) in [6.45, 7) is 16.9. The molecule has 14 nitrogen and oxygen atoms in total. The zero-order valence-electron chi connectivity index (χ0n) is 41.2. The highest BCUT2D eigenvalue weighted by Crippen LogP contribution is 2.37. The molecule has 1 saturated heterocycles. The Kier molecular flexibility index (Phi) is 14.8. The van der Waals surface area contributed by atoms with Crippen molar-refractivity contribution in [2.45, 2.75) is 62.2 Å². The zero-order valence-corrected chi connectivity index (χ0v) is 42.8. The average Bonchev–Trinajstić information content (AvgIpc) is 3.93. The second kappa shape index (κ2) is 20.8. The van der Waals surface area contributed by atoms with Crippen LogP contribution in [-0.2, 0) is 35.6 Å². The lowest BCUT2D eigenvalue weighted by Crippen LogP contribution is -2.41. The van der Waals surface area contributed by atoms with Gasteiger partial charge in [-0.1, -0.05) is 126 Å². The number of benzene rings is 6. The number of morpholine rings is 1. The summed E-state index contributed by atoms with van der Waals surface area (Å²) in [4.78, 5) is 34.0. The van der Waals surface area contributed by atoms with E-state index in [1.807, 2.05) is 84.9 Å². The summed E-state index contributed by atoms with van der Waals surface area (Å²) in [6, 6.07) is 42.8. The van der Waals surface area contributed by atoms with E-state index < -0.39 is 26.0 Å². The molecule has 0 atom stereocenters. The number of fused-ring (bicyclic) bond motifs is 2. The Hall–Kier alpha value is -7.24. The Bertz CT molecular complexity index is 3450. The molecular formula is C56H60N6O8S2. The fourth-order valence-corrected chi connectivity index (χ4v) is 10.7. The summed E-state index contributed by atoms with van der Waals surface area (Å²) < 4.78 is 63.1. The molecule has 0 spiro atoms. The molecular weight excluding hydrogens is 949 g/mol. The minimum atomic E-state index is -3.81. The molecule has 0 aliphatic carbocycles. The number of rotatable bonds is 13. The Morgan fingerprint density at radius 1 is 0.583 bits per heavy atom. The number of aromatic carboxylic acids is 1. The maximum absolute atomic E-state index is 13.3. The topological polar surface area (TPSA) is 203 Å². The summed E-state index contributed by atoms with van der Waals surface area (Å²) in [7, 11) is -7.61. The molecule has 3 heterocycles. The van der Waals surface area contributed by atoms with Crippen molar-refractivity contribution in [2.75, 3.05) is 48.8 Å². The first-order chi connectivity index (χ1) is 34.2. The Labute approximate surface area is 420 Å². The van der Waals surface area contributed by atoms with Gasteiger partial charge >= 0.3 is 5.97 Å². The summed E-state index contributed by atoms with van der Waals surface area (Å²) in [5.41, 5.74) is 7.42. The third-order valence-corrected chi connectivity index (χ3v) is 15.3. The molecule has 1 aliphatic heterocycles. The molecule has 0 saturated carbocycles. The minimum absolute atomic E-state index is 0.0592. The van der Waals surface area contributed by atoms with Crippen LogP contribution >= 0.6 is 0 Å². The Balaban J connectivity index is 0.000000197. The summed E-state index contributed by atoms with van der Waals surface area (Å²) in [5, 5.41) is 14.1. The molecule has 72 heavy (non-hydrogen) atoms. The number of hydrogen-bond donors (Lipinski definition) is 6. The molecule has 6 N–H and O–H groups in total. The molecule has 0 bridgehead atoms. The largest absolute Gasteiger partial charge is 0.477 e. The number of nitrogens with zero attached hydrogens (tertiary/aromatic N) is 1. The van der Waals surface area contributed by atoms with E-state index in [9.17, 15) is 31.5 Å². The average molecular weight is 1010 g/mol. The predicted octanol–water partition coefficient (Wildman–Crippen LogP) is 10.6. The molecule has 8 aromatic rings. The second-order valence-electron chi connectivity index (χ2n) is 19.8. The lowest BCUT2D eigenvalue weighted by atomic mass is 9.87. The van der Waals surface area contributed by atoms with E-state index in [0.717, 1.165) is 58.4 Å². The number of sulfonamides is 2. The molecule has 0 unspecified atom stereocenters. The SMILES string of the molecule is CC(C)(C)c1ccc(S(=O)(=O)Nc2ccc3[nH]c(C(=O)NCCN4CCOCC4)c(-c4ccccc4)c3c2)cc1.CC(C)(C)c1ccc(S(=O)(=O)Nc2ccc3[nH]c(C(=O)O)c(-c4ccccc4)c3c2)cc1. The first kappa shape index (κ1) is 51.1. The minimum Gasteiger partial charge on any atom is -0.477 e. The van der Waals surface area contributed by atoms with E-state index in [4.69, 9.17) is 4.74 Å². The monoisotopic (exact) mass is 1010 g/mol. The lowest BCUT2D eigenvalue weighted by molar-refractivity contribution is 0.0383. The number of carbonyl (C=O) groups excluding carboxylic acids is 1. The highest BCUT2D eigenvalue weighted by molar-refractivity contribution is 7.93. The Morgan fingerprint density at radius 2 is 1.00 bits per heavy atom. The molecule has 1 aliphatic rings. The quantitative estimate of drug-likeness (QED) is 0.0650. The van der Waals surface area contributed by atoms with Crippen molar-refractivity contribution >= 4 is 65.1 Å². The van der Waals surface area contributed by atoms with Crippen molar-refractivity contribution < 1.29 is 36.3 Å². The van der Waals surface area contributed by atoms with Crippen molar-refractivity contribution in [3.63, 3.8) is 0 Å². The maximum atomic E-state index is 13.3. The van der Waals surface area contributed by atoms with Crippen molar-refractivity contribution in [1.82, 2.24) is 20.2 Å². The number of aromatic amines is 2. The number of aromatic nitrogens is 2. The molecule has 1 fully saturated rings. The summed E-state index contributed by atoms with van der Waals surface area (Å²) in [6.07, 6.45) is 0. The molecule has 0 radical (unpaired) electrons. The number of H-pyrrole nitrogens is 2. The van der Waals surface area contributed by atoms with Crippen LogP contribution in [0, 0.1) is 0 Å². The van der Waals surface area contributed by atoms with Crippen molar-refractivity contribution in [1.29, 1.82) is 0 Å². The molecule has 374 valence electrons. The van der Waals surface area contributed by atoms with Crippen LogP contribution in [0.3, 0.4) is 0 Å².